The summed E-state index contributed by atoms with van der Waals surface area (Å²) in [5.41, 5.74) is 1.58. The summed E-state index contributed by atoms with van der Waals surface area (Å²) in [4.78, 5) is 16.6. The summed E-state index contributed by atoms with van der Waals surface area (Å²) >= 11 is 0. The Balaban J connectivity index is 1.29. The van der Waals surface area contributed by atoms with Crippen LogP contribution in [0.1, 0.15) is 12.3 Å². The van der Waals surface area contributed by atoms with Gasteiger partial charge < -0.3 is 19.2 Å². The van der Waals surface area contributed by atoms with Gasteiger partial charge >= 0.3 is 0 Å². The first-order valence-electron chi connectivity index (χ1n) is 9.91. The molecule has 0 saturated carbocycles. The summed E-state index contributed by atoms with van der Waals surface area (Å²) in [6.07, 6.45) is 2.33. The average molecular weight is 414 g/mol. The van der Waals surface area contributed by atoms with Gasteiger partial charge in [0.25, 0.3) is 0 Å². The van der Waals surface area contributed by atoms with Gasteiger partial charge in [0.05, 0.1) is 13.3 Å². The molecule has 6 nitrogen and oxygen atoms in total. The molecule has 0 radical (unpaired) electrons. The lowest BCUT2D eigenvalue weighted by molar-refractivity contribution is -0.116. The van der Waals surface area contributed by atoms with E-state index in [0.29, 0.717) is 29.5 Å². The molecule has 4 rings (SSSR count). The average Bonchev–Trinajstić information content (AvgIpc) is 3.29. The first-order valence-corrected chi connectivity index (χ1v) is 9.91. The Bertz CT molecular complexity index is 1140. The smallest absolute Gasteiger partial charge is 0.224 e. The Hall–Kier alpha value is -4.06. The van der Waals surface area contributed by atoms with Crippen molar-refractivity contribution in [1.29, 1.82) is 0 Å². The van der Waals surface area contributed by atoms with E-state index in [-0.39, 0.29) is 12.3 Å². The zero-order chi connectivity index (χ0) is 21.5. The Morgan fingerprint density at radius 3 is 2.45 bits per heavy atom. The fourth-order valence-corrected chi connectivity index (χ4v) is 3.01. The number of oxazole rings is 1. The SMILES string of the molecule is COc1cccc(-c2cnc(CCC(=O)Nc3ccc(Oc4ccccc4)cc3)o2)c1. The molecule has 0 aliphatic heterocycles. The van der Waals surface area contributed by atoms with E-state index in [1.54, 1.807) is 13.3 Å². The van der Waals surface area contributed by atoms with Crippen molar-refractivity contribution >= 4 is 11.6 Å². The summed E-state index contributed by atoms with van der Waals surface area (Å²) in [5, 5.41) is 2.88. The number of hydrogen-bond donors (Lipinski definition) is 1. The van der Waals surface area contributed by atoms with Crippen LogP contribution in [0.25, 0.3) is 11.3 Å². The number of nitrogens with one attached hydrogen (secondary N) is 1. The number of nitrogens with zero attached hydrogens (tertiary/aromatic N) is 1. The van der Waals surface area contributed by atoms with E-state index in [9.17, 15) is 4.79 Å². The van der Waals surface area contributed by atoms with Crippen molar-refractivity contribution in [2.45, 2.75) is 12.8 Å². The minimum Gasteiger partial charge on any atom is -0.497 e. The molecule has 4 aromatic rings. The van der Waals surface area contributed by atoms with Crippen LogP contribution in [0.5, 0.6) is 17.2 Å². The molecule has 1 amide bonds. The van der Waals surface area contributed by atoms with Crippen molar-refractivity contribution in [2.24, 2.45) is 0 Å². The Labute approximate surface area is 180 Å². The van der Waals surface area contributed by atoms with Crippen molar-refractivity contribution in [3.63, 3.8) is 0 Å². The molecule has 1 N–H and O–H groups in total. The van der Waals surface area contributed by atoms with Crippen LogP contribution in [0.15, 0.2) is 89.5 Å². The molecule has 6 heteroatoms. The topological polar surface area (TPSA) is 73.6 Å². The van der Waals surface area contributed by atoms with Gasteiger partial charge in [-0.1, -0.05) is 30.3 Å². The molecule has 0 fully saturated rings. The molecule has 156 valence electrons. The van der Waals surface area contributed by atoms with E-state index < -0.39 is 0 Å². The number of benzene rings is 3. The Morgan fingerprint density at radius 1 is 0.935 bits per heavy atom. The van der Waals surface area contributed by atoms with Crippen molar-refractivity contribution in [3.05, 3.63) is 91.0 Å². The molecule has 31 heavy (non-hydrogen) atoms. The molecule has 1 aromatic heterocycles. The van der Waals surface area contributed by atoms with Crippen molar-refractivity contribution in [1.82, 2.24) is 4.98 Å². The second kappa shape index (κ2) is 9.63. The van der Waals surface area contributed by atoms with Gasteiger partial charge in [0, 0.05) is 24.1 Å². The van der Waals surface area contributed by atoms with Gasteiger partial charge in [0.15, 0.2) is 11.7 Å². The van der Waals surface area contributed by atoms with Gasteiger partial charge in [-0.15, -0.1) is 0 Å². The molecule has 0 unspecified atom stereocenters. The Morgan fingerprint density at radius 2 is 1.68 bits per heavy atom. The lowest BCUT2D eigenvalue weighted by atomic mass is 10.2. The van der Waals surface area contributed by atoms with E-state index in [4.69, 9.17) is 13.9 Å². The summed E-state index contributed by atoms with van der Waals surface area (Å²) in [5.74, 6) is 3.25. The predicted octanol–water partition coefficient (Wildman–Crippen LogP) is 5.71. The molecule has 0 saturated heterocycles. The first-order chi connectivity index (χ1) is 15.2. The lowest BCUT2D eigenvalue weighted by Gasteiger charge is -2.08. The molecule has 0 aliphatic rings. The molecule has 3 aromatic carbocycles. The third kappa shape index (κ3) is 5.51. The van der Waals surface area contributed by atoms with Gasteiger partial charge in [-0.25, -0.2) is 4.98 Å². The van der Waals surface area contributed by atoms with E-state index >= 15 is 0 Å². The summed E-state index contributed by atoms with van der Waals surface area (Å²) < 4.78 is 16.8. The number of methoxy groups -OCH3 is 1. The summed E-state index contributed by atoms with van der Waals surface area (Å²) in [7, 11) is 1.62. The Kier molecular flexibility index (Phi) is 6.28. The van der Waals surface area contributed by atoms with Gasteiger partial charge in [-0.2, -0.15) is 0 Å². The third-order valence-electron chi connectivity index (χ3n) is 4.59. The molecular formula is C25H22N2O4. The van der Waals surface area contributed by atoms with Crippen molar-refractivity contribution < 1.29 is 18.7 Å². The number of carbonyl (C=O) groups excluding carboxylic acids is 1. The summed E-state index contributed by atoms with van der Waals surface area (Å²) in [6.45, 7) is 0. The number of aromatic nitrogens is 1. The monoisotopic (exact) mass is 414 g/mol. The van der Waals surface area contributed by atoms with E-state index in [2.05, 4.69) is 10.3 Å². The van der Waals surface area contributed by atoms with Gasteiger partial charge in [0.1, 0.15) is 17.2 Å². The third-order valence-corrected chi connectivity index (χ3v) is 4.59. The zero-order valence-electron chi connectivity index (χ0n) is 17.1. The molecule has 0 atom stereocenters. The van der Waals surface area contributed by atoms with Crippen LogP contribution in [-0.2, 0) is 11.2 Å². The molecular weight excluding hydrogens is 392 g/mol. The normalized spacial score (nSPS) is 10.5. The molecule has 0 spiro atoms. The van der Waals surface area contributed by atoms with Crippen molar-refractivity contribution in [2.75, 3.05) is 12.4 Å². The highest BCUT2D eigenvalue weighted by Gasteiger charge is 2.10. The fraction of sp³-hybridized carbons (Fsp3) is 0.120. The lowest BCUT2D eigenvalue weighted by Crippen LogP contribution is -2.12. The molecule has 0 aliphatic carbocycles. The number of anilines is 1. The maximum atomic E-state index is 12.3. The van der Waals surface area contributed by atoms with Crippen LogP contribution in [0.2, 0.25) is 0 Å². The molecule has 1 heterocycles. The van der Waals surface area contributed by atoms with E-state index in [1.165, 1.54) is 0 Å². The highest BCUT2D eigenvalue weighted by molar-refractivity contribution is 5.90. The number of para-hydroxylation sites is 1. The highest BCUT2D eigenvalue weighted by Crippen LogP contribution is 2.25. The standard InChI is InChI=1S/C25H22N2O4/c1-29-22-9-5-6-18(16-22)23-17-26-25(31-23)15-14-24(28)27-19-10-12-21(13-11-19)30-20-7-3-2-4-8-20/h2-13,16-17H,14-15H2,1H3,(H,27,28). The number of ether oxygens (including phenoxy) is 2. The number of amides is 1. The summed E-state index contributed by atoms with van der Waals surface area (Å²) in [6, 6.07) is 24.3. The maximum Gasteiger partial charge on any atom is 0.224 e. The number of aryl methyl sites for hydroxylation is 1. The fourth-order valence-electron chi connectivity index (χ4n) is 3.01. The van der Waals surface area contributed by atoms with Gasteiger partial charge in [0.2, 0.25) is 5.91 Å². The number of carbonyl (C=O) groups is 1. The van der Waals surface area contributed by atoms with Crippen LogP contribution >= 0.6 is 0 Å². The second-order valence-corrected chi connectivity index (χ2v) is 6.84. The van der Waals surface area contributed by atoms with E-state index in [0.717, 1.165) is 17.1 Å². The van der Waals surface area contributed by atoms with Gasteiger partial charge in [-0.05, 0) is 48.5 Å². The second-order valence-electron chi connectivity index (χ2n) is 6.84. The predicted molar refractivity (Wildman–Crippen MR) is 118 cm³/mol. The van der Waals surface area contributed by atoms with Crippen LogP contribution in [-0.4, -0.2) is 18.0 Å². The largest absolute Gasteiger partial charge is 0.497 e. The van der Waals surface area contributed by atoms with Crippen molar-refractivity contribution in [3.8, 4) is 28.6 Å². The van der Waals surface area contributed by atoms with Crippen LogP contribution in [0.4, 0.5) is 5.69 Å². The van der Waals surface area contributed by atoms with Crippen LogP contribution in [0.3, 0.4) is 0 Å². The minimum atomic E-state index is -0.113. The van der Waals surface area contributed by atoms with Crippen LogP contribution in [0, 0.1) is 0 Å². The number of hydrogen-bond acceptors (Lipinski definition) is 5. The van der Waals surface area contributed by atoms with E-state index in [1.807, 2.05) is 78.9 Å². The minimum absolute atomic E-state index is 0.113. The maximum absolute atomic E-state index is 12.3. The number of rotatable bonds is 8. The highest BCUT2D eigenvalue weighted by atomic mass is 16.5. The quantitative estimate of drug-likeness (QED) is 0.399. The molecule has 0 bridgehead atoms. The van der Waals surface area contributed by atoms with Gasteiger partial charge in [-0.3, -0.25) is 4.79 Å². The van der Waals surface area contributed by atoms with Crippen LogP contribution < -0.4 is 14.8 Å². The first kappa shape index (κ1) is 20.2. The zero-order valence-corrected chi connectivity index (χ0v) is 17.1.